The van der Waals surface area contributed by atoms with Crippen molar-refractivity contribution >= 4 is 17.3 Å². The highest BCUT2D eigenvalue weighted by Gasteiger charge is 2.14. The number of aliphatic hydroxyl groups is 2. The van der Waals surface area contributed by atoms with Gasteiger partial charge in [0.15, 0.2) is 6.54 Å². The molecule has 0 saturated carbocycles. The number of carbonyl (C=O) groups is 1. The van der Waals surface area contributed by atoms with Gasteiger partial charge < -0.3 is 24.9 Å². The lowest BCUT2D eigenvalue weighted by atomic mass is 10.2. The molecule has 0 atom stereocenters. The molecule has 6 nitrogen and oxygen atoms in total. The summed E-state index contributed by atoms with van der Waals surface area (Å²) in [4.78, 5) is 13.8. The highest BCUT2D eigenvalue weighted by Crippen LogP contribution is 2.19. The van der Waals surface area contributed by atoms with E-state index in [4.69, 9.17) is 10.2 Å². The van der Waals surface area contributed by atoms with Crippen molar-refractivity contribution < 1.29 is 19.5 Å². The monoisotopic (exact) mass is 296 g/mol. The van der Waals surface area contributed by atoms with Crippen LogP contribution in [0, 0.1) is 0 Å². The van der Waals surface area contributed by atoms with E-state index in [0.29, 0.717) is 29.8 Å². The highest BCUT2D eigenvalue weighted by molar-refractivity contribution is 5.92. The average Bonchev–Trinajstić information content (AvgIpc) is 2.36. The van der Waals surface area contributed by atoms with Crippen LogP contribution in [0.4, 0.5) is 11.4 Å². The van der Waals surface area contributed by atoms with Gasteiger partial charge in [-0.15, -0.1) is 0 Å². The summed E-state index contributed by atoms with van der Waals surface area (Å²) in [7, 11) is 5.88. The Morgan fingerprint density at radius 1 is 1.19 bits per heavy atom. The molecule has 1 aromatic carbocycles. The summed E-state index contributed by atoms with van der Waals surface area (Å²) >= 11 is 0. The van der Waals surface area contributed by atoms with Crippen molar-refractivity contribution in [1.82, 2.24) is 0 Å². The van der Waals surface area contributed by atoms with E-state index in [0.717, 1.165) is 5.69 Å². The number of likely N-dealkylation sites (N-methyl/N-ethyl adjacent to an activating group) is 1. The summed E-state index contributed by atoms with van der Waals surface area (Å²) in [5.74, 6) is -0.0458. The highest BCUT2D eigenvalue weighted by atomic mass is 16.3. The van der Waals surface area contributed by atoms with Gasteiger partial charge in [0.2, 0.25) is 0 Å². The average molecular weight is 296 g/mol. The molecule has 0 aliphatic rings. The first-order chi connectivity index (χ1) is 9.85. The van der Waals surface area contributed by atoms with Crippen LogP contribution in [-0.4, -0.2) is 74.6 Å². The van der Waals surface area contributed by atoms with Crippen LogP contribution in [0.3, 0.4) is 0 Å². The first-order valence-corrected chi connectivity index (χ1v) is 7.03. The quantitative estimate of drug-likeness (QED) is 0.596. The number of carbonyl (C=O) groups excluding carboxylic acids is 1. The van der Waals surface area contributed by atoms with Gasteiger partial charge in [-0.25, -0.2) is 0 Å². The van der Waals surface area contributed by atoms with Crippen LogP contribution in [0.5, 0.6) is 0 Å². The molecule has 0 spiro atoms. The minimum atomic E-state index is -0.0458. The van der Waals surface area contributed by atoms with Gasteiger partial charge in [0.25, 0.3) is 5.91 Å². The normalized spacial score (nSPS) is 11.3. The van der Waals surface area contributed by atoms with Crippen LogP contribution in [0.1, 0.15) is 0 Å². The van der Waals surface area contributed by atoms with E-state index in [2.05, 4.69) is 5.32 Å². The Balaban J connectivity index is 2.77. The number of benzene rings is 1. The second-order valence-electron chi connectivity index (χ2n) is 5.98. The lowest BCUT2D eigenvalue weighted by molar-refractivity contribution is -0.861. The lowest BCUT2D eigenvalue weighted by Gasteiger charge is -2.24. The number of amides is 1. The van der Waals surface area contributed by atoms with Crippen molar-refractivity contribution in [2.75, 3.05) is 64.2 Å². The van der Waals surface area contributed by atoms with Crippen molar-refractivity contribution in [1.29, 1.82) is 0 Å². The maximum atomic E-state index is 11.9. The molecule has 0 fully saturated rings. The Morgan fingerprint density at radius 3 is 2.33 bits per heavy atom. The van der Waals surface area contributed by atoms with E-state index < -0.39 is 0 Å². The maximum Gasteiger partial charge on any atom is 0.279 e. The fourth-order valence-corrected chi connectivity index (χ4v) is 2.02. The van der Waals surface area contributed by atoms with Gasteiger partial charge in [-0.2, -0.15) is 0 Å². The molecular formula is C15H26N3O3+. The topological polar surface area (TPSA) is 72.8 Å². The number of hydrogen-bond donors (Lipinski definition) is 3. The number of anilines is 2. The van der Waals surface area contributed by atoms with Gasteiger partial charge in [0.1, 0.15) is 0 Å². The van der Waals surface area contributed by atoms with Crippen molar-refractivity contribution in [3.05, 3.63) is 24.3 Å². The summed E-state index contributed by atoms with van der Waals surface area (Å²) in [6.07, 6.45) is 0. The third-order valence-corrected chi connectivity index (χ3v) is 2.85. The summed E-state index contributed by atoms with van der Waals surface area (Å²) in [5, 5.41) is 21.0. The standard InChI is InChI=1S/C15H25N3O3/c1-18(2,3)12-15(21)16-13-5-4-6-14(11-13)17(7-9-19)8-10-20/h4-6,11,19-20H,7-10,12H2,1-3H3/p+1. The molecule has 0 saturated heterocycles. The predicted octanol–water partition coefficient (Wildman–Crippen LogP) is 0.122. The maximum absolute atomic E-state index is 11.9. The Kier molecular flexibility index (Phi) is 6.61. The summed E-state index contributed by atoms with van der Waals surface area (Å²) in [5.41, 5.74) is 1.58. The van der Waals surface area contributed by atoms with E-state index >= 15 is 0 Å². The molecule has 1 rings (SSSR count). The number of quaternary nitrogens is 1. The van der Waals surface area contributed by atoms with Crippen molar-refractivity contribution in [2.24, 2.45) is 0 Å². The minimum Gasteiger partial charge on any atom is -0.395 e. The Hall–Kier alpha value is -1.63. The molecule has 0 bridgehead atoms. The van der Waals surface area contributed by atoms with E-state index in [-0.39, 0.29) is 19.1 Å². The number of hydrogen-bond acceptors (Lipinski definition) is 4. The molecule has 0 heterocycles. The van der Waals surface area contributed by atoms with Crippen LogP contribution >= 0.6 is 0 Å². The SMILES string of the molecule is C[N+](C)(C)CC(=O)Nc1cccc(N(CCO)CCO)c1. The Bertz CT molecular complexity index is 452. The molecule has 1 aromatic rings. The van der Waals surface area contributed by atoms with E-state index in [9.17, 15) is 4.79 Å². The zero-order valence-corrected chi connectivity index (χ0v) is 13.0. The third kappa shape index (κ3) is 6.57. The van der Waals surface area contributed by atoms with Crippen LogP contribution in [0.15, 0.2) is 24.3 Å². The summed E-state index contributed by atoms with van der Waals surface area (Å²) < 4.78 is 0.562. The number of aliphatic hydroxyl groups excluding tert-OH is 2. The fourth-order valence-electron chi connectivity index (χ4n) is 2.02. The molecule has 6 heteroatoms. The smallest absolute Gasteiger partial charge is 0.279 e. The molecule has 0 aliphatic heterocycles. The van der Waals surface area contributed by atoms with E-state index in [1.54, 1.807) is 0 Å². The van der Waals surface area contributed by atoms with Crippen molar-refractivity contribution in [3.63, 3.8) is 0 Å². The van der Waals surface area contributed by atoms with Crippen LogP contribution in [0.2, 0.25) is 0 Å². The first-order valence-electron chi connectivity index (χ1n) is 7.03. The third-order valence-electron chi connectivity index (χ3n) is 2.85. The zero-order valence-electron chi connectivity index (χ0n) is 13.0. The number of nitrogens with one attached hydrogen (secondary N) is 1. The number of nitrogens with zero attached hydrogens (tertiary/aromatic N) is 2. The van der Waals surface area contributed by atoms with Crippen molar-refractivity contribution in [2.45, 2.75) is 0 Å². The number of rotatable bonds is 8. The zero-order chi connectivity index (χ0) is 15.9. The van der Waals surface area contributed by atoms with Crippen LogP contribution in [-0.2, 0) is 4.79 Å². The molecule has 21 heavy (non-hydrogen) atoms. The van der Waals surface area contributed by atoms with Gasteiger partial charge in [0.05, 0.1) is 34.4 Å². The molecule has 0 radical (unpaired) electrons. The second-order valence-corrected chi connectivity index (χ2v) is 5.98. The summed E-state index contributed by atoms with van der Waals surface area (Å²) in [6.45, 7) is 1.30. The van der Waals surface area contributed by atoms with Gasteiger partial charge in [-0.1, -0.05) is 6.07 Å². The molecule has 0 unspecified atom stereocenters. The second kappa shape index (κ2) is 7.97. The van der Waals surface area contributed by atoms with Crippen LogP contribution in [0.25, 0.3) is 0 Å². The van der Waals surface area contributed by atoms with Crippen LogP contribution < -0.4 is 10.2 Å². The summed E-state index contributed by atoms with van der Waals surface area (Å²) in [6, 6.07) is 7.41. The molecule has 1 amide bonds. The Morgan fingerprint density at radius 2 is 1.81 bits per heavy atom. The minimum absolute atomic E-state index is 0.0120. The van der Waals surface area contributed by atoms with Crippen molar-refractivity contribution in [3.8, 4) is 0 Å². The first kappa shape index (κ1) is 17.4. The lowest BCUT2D eigenvalue weighted by Crippen LogP contribution is -2.41. The fraction of sp³-hybridized carbons (Fsp3) is 0.533. The van der Waals surface area contributed by atoms with E-state index in [1.165, 1.54) is 0 Å². The Labute approximate surface area is 126 Å². The van der Waals surface area contributed by atoms with E-state index in [1.807, 2.05) is 50.3 Å². The van der Waals surface area contributed by atoms with Gasteiger partial charge in [-0.3, -0.25) is 4.79 Å². The molecule has 0 aliphatic carbocycles. The van der Waals surface area contributed by atoms with Gasteiger partial charge >= 0.3 is 0 Å². The van der Waals surface area contributed by atoms with Gasteiger partial charge in [0, 0.05) is 24.5 Å². The molecular weight excluding hydrogens is 270 g/mol. The molecule has 0 aromatic heterocycles. The molecule has 118 valence electrons. The van der Waals surface area contributed by atoms with Gasteiger partial charge in [-0.05, 0) is 18.2 Å². The largest absolute Gasteiger partial charge is 0.395 e. The molecule has 3 N–H and O–H groups in total. The predicted molar refractivity (Wildman–Crippen MR) is 84.4 cm³/mol.